The number of aryl methyl sites for hydroxylation is 1. The molecule has 4 aromatic rings. The Bertz CT molecular complexity index is 1770. The second-order valence-electron chi connectivity index (χ2n) is 10.6. The van der Waals surface area contributed by atoms with Gasteiger partial charge in [-0.05, 0) is 88.7 Å². The topological polar surface area (TPSA) is 86.5 Å². The highest BCUT2D eigenvalue weighted by molar-refractivity contribution is 5.94. The Labute approximate surface area is 235 Å². The molecular weight excluding hydrogens is 524 g/mol. The number of nitrogens with two attached hydrogens (primary N) is 1. The van der Waals surface area contributed by atoms with Crippen molar-refractivity contribution in [1.82, 2.24) is 10.3 Å². The van der Waals surface area contributed by atoms with E-state index in [2.05, 4.69) is 10.3 Å². The first kappa shape index (κ1) is 25.6. The number of nitrogen functional groups attached to an aromatic ring is 1. The lowest BCUT2D eigenvalue weighted by Crippen LogP contribution is -2.25. The van der Waals surface area contributed by atoms with Crippen molar-refractivity contribution in [2.24, 2.45) is 0 Å². The summed E-state index contributed by atoms with van der Waals surface area (Å²) >= 11 is 0. The zero-order chi connectivity index (χ0) is 28.2. The molecular formula is C33H27F2N3O3. The number of amides is 1. The van der Waals surface area contributed by atoms with Gasteiger partial charge in [-0.15, -0.1) is 0 Å². The highest BCUT2D eigenvalue weighted by Crippen LogP contribution is 2.55. The Balaban J connectivity index is 1.14. The molecule has 0 fully saturated rings. The van der Waals surface area contributed by atoms with Gasteiger partial charge in [-0.25, -0.2) is 13.8 Å². The van der Waals surface area contributed by atoms with Crippen molar-refractivity contribution in [3.63, 3.8) is 0 Å². The molecule has 3 aliphatic heterocycles. The molecule has 41 heavy (non-hydrogen) atoms. The summed E-state index contributed by atoms with van der Waals surface area (Å²) < 4.78 is 39.7. The van der Waals surface area contributed by atoms with Gasteiger partial charge >= 0.3 is 0 Å². The van der Waals surface area contributed by atoms with Crippen LogP contribution in [0.1, 0.15) is 68.1 Å². The summed E-state index contributed by atoms with van der Waals surface area (Å²) in [6.07, 6.45) is 2.21. The van der Waals surface area contributed by atoms with E-state index in [9.17, 15) is 13.6 Å². The van der Waals surface area contributed by atoms with Gasteiger partial charge in [0, 0.05) is 35.0 Å². The number of ether oxygens (including phenoxy) is 2. The van der Waals surface area contributed by atoms with Gasteiger partial charge < -0.3 is 20.5 Å². The van der Waals surface area contributed by atoms with Crippen molar-refractivity contribution < 1.29 is 23.0 Å². The number of benzene rings is 3. The molecule has 0 saturated carbocycles. The molecule has 3 aromatic carbocycles. The van der Waals surface area contributed by atoms with E-state index in [1.165, 1.54) is 12.1 Å². The third-order valence-corrected chi connectivity index (χ3v) is 8.17. The summed E-state index contributed by atoms with van der Waals surface area (Å²) in [4.78, 5) is 17.8. The minimum Gasteiger partial charge on any atom is -0.384 e. The maximum Gasteiger partial charge on any atom is 0.251 e. The molecule has 0 radical (unpaired) electrons. The summed E-state index contributed by atoms with van der Waals surface area (Å²) in [5.74, 6) is -0.995. The van der Waals surface area contributed by atoms with Crippen molar-refractivity contribution >= 4 is 17.3 Å². The number of halogens is 2. The Kier molecular flexibility index (Phi) is 6.17. The Morgan fingerprint density at radius 3 is 2.54 bits per heavy atom. The number of pyridine rings is 1. The third kappa shape index (κ3) is 4.40. The first-order chi connectivity index (χ1) is 19.9. The zero-order valence-corrected chi connectivity index (χ0v) is 22.3. The summed E-state index contributed by atoms with van der Waals surface area (Å²) in [5, 5.41) is 3.06. The number of rotatable bonds is 5. The number of nitrogens with one attached hydrogen (secondary N) is 1. The Hall–Kier alpha value is -4.40. The van der Waals surface area contributed by atoms with Gasteiger partial charge in [-0.2, -0.15) is 0 Å². The number of nitrogens with zero attached hydrogens (tertiary/aromatic N) is 1. The molecule has 0 aliphatic carbocycles. The van der Waals surface area contributed by atoms with E-state index >= 15 is 0 Å². The zero-order valence-electron chi connectivity index (χ0n) is 22.3. The predicted molar refractivity (Wildman–Crippen MR) is 151 cm³/mol. The molecule has 7 rings (SSSR count). The highest BCUT2D eigenvalue weighted by Gasteiger charge is 2.43. The fraction of sp³-hybridized carbons (Fsp3) is 0.212. The second kappa shape index (κ2) is 9.90. The highest BCUT2D eigenvalue weighted by atomic mass is 19.1. The van der Waals surface area contributed by atoms with Crippen LogP contribution in [0.25, 0.3) is 16.7 Å². The van der Waals surface area contributed by atoms with Crippen LogP contribution in [-0.2, 0) is 16.0 Å². The molecule has 3 N–H and O–H groups in total. The van der Waals surface area contributed by atoms with Crippen LogP contribution in [0, 0.1) is 18.6 Å². The fourth-order valence-electron chi connectivity index (χ4n) is 6.15. The Morgan fingerprint density at radius 2 is 1.76 bits per heavy atom. The van der Waals surface area contributed by atoms with Crippen LogP contribution in [0.2, 0.25) is 0 Å². The molecule has 1 aromatic heterocycles. The number of fused-ring (bicyclic) bond motifs is 8. The lowest BCUT2D eigenvalue weighted by atomic mass is 9.83. The van der Waals surface area contributed by atoms with E-state index in [0.717, 1.165) is 57.1 Å². The summed E-state index contributed by atoms with van der Waals surface area (Å²) in [7, 11) is 0. The maximum atomic E-state index is 14.5. The van der Waals surface area contributed by atoms with E-state index in [-0.39, 0.29) is 18.1 Å². The van der Waals surface area contributed by atoms with Crippen molar-refractivity contribution in [2.45, 2.75) is 32.1 Å². The summed E-state index contributed by atoms with van der Waals surface area (Å²) in [5.41, 5.74) is 15.3. The third-order valence-electron chi connectivity index (χ3n) is 8.17. The molecule has 0 saturated heterocycles. The lowest BCUT2D eigenvalue weighted by molar-refractivity contribution is 0.0857. The number of carbonyl (C=O) groups is 1. The second-order valence-corrected chi connectivity index (χ2v) is 10.6. The average molecular weight is 552 g/mol. The van der Waals surface area contributed by atoms with Crippen LogP contribution in [0.4, 0.5) is 14.6 Å². The predicted octanol–water partition coefficient (Wildman–Crippen LogP) is 6.17. The molecule has 6 nitrogen and oxygen atoms in total. The maximum absolute atomic E-state index is 14.5. The number of carbonyl (C=O) groups excluding carboxylic acids is 1. The van der Waals surface area contributed by atoms with E-state index in [1.54, 1.807) is 0 Å². The van der Waals surface area contributed by atoms with Crippen LogP contribution >= 0.6 is 0 Å². The molecule has 3 aliphatic rings. The van der Waals surface area contributed by atoms with Crippen LogP contribution in [0.15, 0.2) is 66.7 Å². The van der Waals surface area contributed by atoms with Crippen LogP contribution < -0.4 is 11.1 Å². The largest absolute Gasteiger partial charge is 0.384 e. The standard InChI is InChI=1S/C33H27F2N3O3/c1-17-28(25(15-30(36)38-17)18-8-10-40-11-9-18)16-37-33(39)20-3-6-24-27(13-20)32-26-12-19(2-5-23(26)31(24)41-32)22-7-4-21(34)14-29(22)35/h2-8,12-15,31-32H,9-11,16H2,1H3,(H2,36,38)(H,37,39)/t31-,32+/m0/s1. The number of aromatic nitrogens is 1. The van der Waals surface area contributed by atoms with Gasteiger partial charge in [0.1, 0.15) is 29.7 Å². The first-order valence-electron chi connectivity index (χ1n) is 13.6. The molecule has 2 bridgehead atoms. The molecule has 1 amide bonds. The lowest BCUT2D eigenvalue weighted by Gasteiger charge is -2.20. The van der Waals surface area contributed by atoms with Crippen LogP contribution in [0.3, 0.4) is 0 Å². The minimum atomic E-state index is -0.616. The molecule has 8 heteroatoms. The van der Waals surface area contributed by atoms with E-state index in [4.69, 9.17) is 15.2 Å². The normalized spacial score (nSPS) is 18.6. The van der Waals surface area contributed by atoms with Gasteiger partial charge in [0.05, 0.1) is 13.2 Å². The fourth-order valence-corrected chi connectivity index (χ4v) is 6.15. The number of hydrogen-bond acceptors (Lipinski definition) is 5. The molecule has 0 unspecified atom stereocenters. The van der Waals surface area contributed by atoms with Gasteiger partial charge in [-0.3, -0.25) is 4.79 Å². The number of anilines is 1. The molecule has 206 valence electrons. The van der Waals surface area contributed by atoms with Gasteiger partial charge in [0.15, 0.2) is 0 Å². The van der Waals surface area contributed by atoms with E-state index in [1.807, 2.05) is 55.5 Å². The monoisotopic (exact) mass is 551 g/mol. The SMILES string of the molecule is Cc1nc(N)cc(C2=CCOCC2)c1CNC(=O)c1ccc2c(c1)[C@@H]1O[C@H]2c2ccc(-c3ccc(F)cc3F)cc21. The van der Waals surface area contributed by atoms with Crippen LogP contribution in [0.5, 0.6) is 0 Å². The number of hydrogen-bond donors (Lipinski definition) is 2. The molecule has 2 atom stereocenters. The smallest absolute Gasteiger partial charge is 0.251 e. The van der Waals surface area contributed by atoms with Crippen molar-refractivity contribution in [3.05, 3.63) is 123 Å². The Morgan fingerprint density at radius 1 is 0.976 bits per heavy atom. The van der Waals surface area contributed by atoms with Crippen molar-refractivity contribution in [1.29, 1.82) is 0 Å². The van der Waals surface area contributed by atoms with Gasteiger partial charge in [-0.1, -0.05) is 24.3 Å². The first-order valence-corrected chi connectivity index (χ1v) is 13.6. The van der Waals surface area contributed by atoms with E-state index < -0.39 is 11.6 Å². The molecule has 0 spiro atoms. The van der Waals surface area contributed by atoms with E-state index in [0.29, 0.717) is 42.3 Å². The van der Waals surface area contributed by atoms with Crippen molar-refractivity contribution in [2.75, 3.05) is 18.9 Å². The molecule has 4 heterocycles. The quantitative estimate of drug-likeness (QED) is 0.310. The van der Waals surface area contributed by atoms with Gasteiger partial charge in [0.25, 0.3) is 5.91 Å². The summed E-state index contributed by atoms with van der Waals surface area (Å²) in [6.45, 7) is 3.39. The van der Waals surface area contributed by atoms with Gasteiger partial charge in [0.2, 0.25) is 0 Å². The van der Waals surface area contributed by atoms with Crippen molar-refractivity contribution in [3.8, 4) is 11.1 Å². The van der Waals surface area contributed by atoms with Crippen LogP contribution in [-0.4, -0.2) is 24.1 Å². The minimum absolute atomic E-state index is 0.207. The average Bonchev–Trinajstić information content (AvgIpc) is 3.53. The summed E-state index contributed by atoms with van der Waals surface area (Å²) in [6, 6.07) is 16.7.